The third kappa shape index (κ3) is 11.0. The molecule has 2 aliphatic heterocycles. The normalized spacial score (nSPS) is 19.4. The van der Waals surface area contributed by atoms with Crippen LogP contribution in [0.15, 0.2) is 107 Å². The first-order chi connectivity index (χ1) is 35.3. The minimum Gasteiger partial charge on any atom is -0.493 e. The smallest absolute Gasteiger partial charge is 0.268 e. The second-order valence-electron chi connectivity index (χ2n) is 20.9. The molecule has 4 aromatic heterocycles. The highest BCUT2D eigenvalue weighted by Gasteiger charge is 2.37. The van der Waals surface area contributed by atoms with Gasteiger partial charge < -0.3 is 29.1 Å². The van der Waals surface area contributed by atoms with Gasteiger partial charge in [-0.05, 0) is 121 Å². The first kappa shape index (κ1) is 50.1. The van der Waals surface area contributed by atoms with Gasteiger partial charge in [0.2, 0.25) is 0 Å². The first-order valence-corrected chi connectivity index (χ1v) is 27.7. The molecule has 1 saturated carbocycles. The summed E-state index contributed by atoms with van der Waals surface area (Å²) in [6.45, 7) is 16.8. The number of pyridine rings is 2. The van der Waals surface area contributed by atoms with E-state index in [2.05, 4.69) is 96.9 Å². The zero-order valence-electron chi connectivity index (χ0n) is 43.1. The van der Waals surface area contributed by atoms with Crippen LogP contribution in [0.2, 0.25) is 0 Å². The van der Waals surface area contributed by atoms with E-state index >= 15 is 0 Å². The van der Waals surface area contributed by atoms with Crippen molar-refractivity contribution in [3.05, 3.63) is 131 Å². The van der Waals surface area contributed by atoms with E-state index < -0.39 is 15.9 Å². The summed E-state index contributed by atoms with van der Waals surface area (Å²) in [6.07, 6.45) is 12.0. The second kappa shape index (κ2) is 21.6. The fourth-order valence-electron chi connectivity index (χ4n) is 11.5. The lowest BCUT2D eigenvalue weighted by Crippen LogP contribution is -2.54. The van der Waals surface area contributed by atoms with Crippen LogP contribution in [0.4, 0.5) is 11.5 Å². The van der Waals surface area contributed by atoms with Crippen LogP contribution in [-0.4, -0.2) is 91.5 Å². The minimum absolute atomic E-state index is 0.0711. The SMILES string of the molecule is CCc1cc(S(=O)(=O)NC(=O)c2ccc(N3CCC(N4CCN(Cc5ccc(OC)c6oc(C)cc56)CC4c4ccccc4C(C)C)CC3)cc2Oc2cnc3[nH]ccc3c2)cnc1NCC1CCC(C)CC1. The summed E-state index contributed by atoms with van der Waals surface area (Å²) in [7, 11) is -2.62. The number of fused-ring (bicyclic) bond motifs is 2. The molecule has 6 heterocycles. The Hall–Kier alpha value is -6.42. The van der Waals surface area contributed by atoms with Crippen LogP contribution in [0.25, 0.3) is 22.0 Å². The van der Waals surface area contributed by atoms with E-state index in [0.717, 1.165) is 104 Å². The van der Waals surface area contributed by atoms with Crippen LogP contribution in [-0.2, 0) is 23.0 Å². The molecule has 0 radical (unpaired) electrons. The Morgan fingerprint density at radius 1 is 0.890 bits per heavy atom. The second-order valence-corrected chi connectivity index (χ2v) is 22.5. The van der Waals surface area contributed by atoms with Crippen molar-refractivity contribution in [3.63, 3.8) is 0 Å². The number of nitrogens with one attached hydrogen (secondary N) is 3. The number of ether oxygens (including phenoxy) is 2. The number of piperazine rings is 1. The minimum atomic E-state index is -4.31. The molecule has 73 heavy (non-hydrogen) atoms. The Kier molecular flexibility index (Phi) is 14.8. The number of aromatic nitrogens is 3. The molecule has 1 unspecified atom stereocenters. The van der Waals surface area contributed by atoms with Gasteiger partial charge >= 0.3 is 0 Å². The van der Waals surface area contributed by atoms with E-state index in [1.54, 1.807) is 31.6 Å². The number of aromatic amines is 1. The van der Waals surface area contributed by atoms with Crippen molar-refractivity contribution in [2.75, 3.05) is 56.6 Å². The molecule has 3 fully saturated rings. The molecule has 0 spiro atoms. The number of benzene rings is 3. The summed E-state index contributed by atoms with van der Waals surface area (Å²) in [4.78, 5) is 34.0. The number of methoxy groups -OCH3 is 1. The maximum absolute atomic E-state index is 14.2. The molecular formula is C58H70N8O6S. The molecule has 1 atom stereocenters. The first-order valence-electron chi connectivity index (χ1n) is 26.3. The molecule has 0 bridgehead atoms. The van der Waals surface area contributed by atoms with Gasteiger partial charge in [-0.15, -0.1) is 0 Å². The van der Waals surface area contributed by atoms with Gasteiger partial charge in [0, 0.05) is 92.8 Å². The highest BCUT2D eigenvalue weighted by atomic mass is 32.2. The molecular weight excluding hydrogens is 937 g/mol. The zero-order valence-corrected chi connectivity index (χ0v) is 43.9. The highest BCUT2D eigenvalue weighted by molar-refractivity contribution is 7.90. The van der Waals surface area contributed by atoms with E-state index in [9.17, 15) is 13.2 Å². The number of H-pyrrole nitrogens is 1. The average Bonchev–Trinajstić information content (AvgIpc) is 4.05. The summed E-state index contributed by atoms with van der Waals surface area (Å²) < 4.78 is 48.5. The molecule has 14 nitrogen and oxygen atoms in total. The molecule has 1 amide bonds. The van der Waals surface area contributed by atoms with Crippen molar-refractivity contribution in [2.45, 2.75) is 109 Å². The Morgan fingerprint density at radius 3 is 2.48 bits per heavy atom. The molecule has 1 aliphatic carbocycles. The maximum atomic E-state index is 14.2. The number of hydrogen-bond acceptors (Lipinski definition) is 12. The van der Waals surface area contributed by atoms with Gasteiger partial charge in [-0.1, -0.05) is 70.9 Å². The van der Waals surface area contributed by atoms with Crippen molar-refractivity contribution in [3.8, 4) is 17.2 Å². The number of anilines is 2. The molecule has 3 aromatic carbocycles. The van der Waals surface area contributed by atoms with Gasteiger partial charge in [0.05, 0.1) is 18.9 Å². The summed E-state index contributed by atoms with van der Waals surface area (Å²) in [6, 6.07) is 26.6. The van der Waals surface area contributed by atoms with E-state index in [4.69, 9.17) is 13.9 Å². The molecule has 2 saturated heterocycles. The van der Waals surface area contributed by atoms with Crippen LogP contribution in [0, 0.1) is 18.8 Å². The van der Waals surface area contributed by atoms with Gasteiger partial charge in [-0.25, -0.2) is 23.1 Å². The monoisotopic (exact) mass is 1010 g/mol. The van der Waals surface area contributed by atoms with Crippen LogP contribution in [0.5, 0.6) is 17.2 Å². The third-order valence-electron chi connectivity index (χ3n) is 15.6. The Bertz CT molecular complexity index is 3190. The number of furan rings is 1. The lowest BCUT2D eigenvalue weighted by atomic mass is 9.83. The van der Waals surface area contributed by atoms with Crippen molar-refractivity contribution in [1.29, 1.82) is 0 Å². The summed E-state index contributed by atoms with van der Waals surface area (Å²) in [5.41, 5.74) is 7.27. The predicted molar refractivity (Wildman–Crippen MR) is 288 cm³/mol. The molecule has 10 rings (SSSR count). The Balaban J connectivity index is 0.867. The molecule has 3 N–H and O–H groups in total. The van der Waals surface area contributed by atoms with E-state index in [1.165, 1.54) is 48.6 Å². The number of sulfonamides is 1. The number of aryl methyl sites for hydroxylation is 2. The van der Waals surface area contributed by atoms with Crippen LogP contribution in [0.3, 0.4) is 0 Å². The zero-order chi connectivity index (χ0) is 50.8. The highest BCUT2D eigenvalue weighted by Crippen LogP contribution is 2.39. The standard InChI is InChI=1S/C58H70N8O6S/c1-7-41-30-47(34-62-56(41)60-32-40-14-12-38(4)13-15-40)73(68,69)63-58(67)50-18-17-45(31-54(50)72-46-29-42-20-23-59-57(42)61-33-46)65-24-21-44(22-25-65)66-27-26-64(36-52(66)49-11-9-8-10-48(49)37(2)3)35-43-16-19-53(70-6)55-51(43)28-39(5)71-55/h8-11,16-20,23,28-31,33-34,37-38,40,44,52H,7,12-15,21-22,24-27,32,35-36H2,1-6H3,(H,59,61)(H,60,62)(H,63,67). The topological polar surface area (TPSA) is 158 Å². The number of carbonyl (C=O) groups excluding carboxylic acids is 1. The van der Waals surface area contributed by atoms with E-state index in [1.807, 2.05) is 44.2 Å². The van der Waals surface area contributed by atoms with Crippen molar-refractivity contribution < 1.29 is 27.1 Å². The number of rotatable bonds is 16. The van der Waals surface area contributed by atoms with Crippen LogP contribution < -0.4 is 24.4 Å². The van der Waals surface area contributed by atoms with Gasteiger partial charge in [0.1, 0.15) is 33.6 Å². The third-order valence-corrected chi connectivity index (χ3v) is 16.9. The van der Waals surface area contributed by atoms with E-state index in [0.29, 0.717) is 41.5 Å². The molecule has 15 heteroatoms. The number of nitrogens with zero attached hydrogens (tertiary/aromatic N) is 5. The number of piperidine rings is 1. The van der Waals surface area contributed by atoms with Gasteiger partial charge in [-0.2, -0.15) is 0 Å². The largest absolute Gasteiger partial charge is 0.493 e. The summed E-state index contributed by atoms with van der Waals surface area (Å²) >= 11 is 0. The van der Waals surface area contributed by atoms with Crippen molar-refractivity contribution in [2.24, 2.45) is 11.8 Å². The van der Waals surface area contributed by atoms with Gasteiger partial charge in [-0.3, -0.25) is 14.6 Å². The molecule has 3 aliphatic rings. The Labute approximate surface area is 429 Å². The summed E-state index contributed by atoms with van der Waals surface area (Å²) in [5, 5.41) is 5.43. The van der Waals surface area contributed by atoms with Gasteiger partial charge in [0.25, 0.3) is 15.9 Å². The Morgan fingerprint density at radius 2 is 1.70 bits per heavy atom. The molecule has 7 aromatic rings. The quantitative estimate of drug-likeness (QED) is 0.0843. The number of carbonyl (C=O) groups is 1. The predicted octanol–water partition coefficient (Wildman–Crippen LogP) is 11.4. The summed E-state index contributed by atoms with van der Waals surface area (Å²) in [5.74, 6) is 3.87. The maximum Gasteiger partial charge on any atom is 0.268 e. The lowest BCUT2D eigenvalue weighted by Gasteiger charge is -2.48. The van der Waals surface area contributed by atoms with Crippen molar-refractivity contribution in [1.82, 2.24) is 29.5 Å². The van der Waals surface area contributed by atoms with Crippen LogP contribution >= 0.6 is 0 Å². The average molecular weight is 1010 g/mol. The number of amides is 1. The fraction of sp³-hybridized carbons (Fsp3) is 0.431. The number of hydrogen-bond donors (Lipinski definition) is 3. The lowest BCUT2D eigenvalue weighted by molar-refractivity contribution is 0.0272. The van der Waals surface area contributed by atoms with Gasteiger partial charge in [0.15, 0.2) is 11.3 Å². The fourth-order valence-corrected chi connectivity index (χ4v) is 12.4. The molecule has 384 valence electrons. The van der Waals surface area contributed by atoms with Crippen molar-refractivity contribution >= 4 is 49.4 Å². The van der Waals surface area contributed by atoms with E-state index in [-0.39, 0.29) is 22.3 Å². The van der Waals surface area contributed by atoms with Crippen LogP contribution in [0.1, 0.15) is 117 Å².